The lowest BCUT2D eigenvalue weighted by Crippen LogP contribution is -2.40. The number of nitrogens with zero attached hydrogens (tertiary/aromatic N) is 5. The topological polar surface area (TPSA) is 75.4 Å². The average Bonchev–Trinajstić information content (AvgIpc) is 3.27. The molecule has 2 aromatic heterocycles. The highest BCUT2D eigenvalue weighted by Crippen LogP contribution is 2.24. The second-order valence-electron chi connectivity index (χ2n) is 8.10. The Kier molecular flexibility index (Phi) is 5.92. The smallest absolute Gasteiger partial charge is 0.223 e. The summed E-state index contributed by atoms with van der Waals surface area (Å²) in [5, 5.41) is 16.9. The molecule has 0 atom stereocenters. The maximum absolute atomic E-state index is 13.0. The van der Waals surface area contributed by atoms with Crippen molar-refractivity contribution >= 4 is 29.0 Å². The normalized spacial score (nSPS) is 14.5. The molecule has 5 rings (SSSR count). The molecule has 0 spiro atoms. The summed E-state index contributed by atoms with van der Waals surface area (Å²) in [4.78, 5) is 14.8. The molecule has 168 valence electrons. The Morgan fingerprint density at radius 1 is 1.00 bits per heavy atom. The number of rotatable bonds is 5. The van der Waals surface area contributed by atoms with E-state index < -0.39 is 0 Å². The predicted octanol–water partition coefficient (Wildman–Crippen LogP) is 4.12. The van der Waals surface area contributed by atoms with Crippen molar-refractivity contribution in [2.75, 3.05) is 18.0 Å². The minimum atomic E-state index is -0.281. The molecule has 0 unspecified atom stereocenters. The Hall–Kier alpha value is -3.52. The highest BCUT2D eigenvalue weighted by molar-refractivity contribution is 6.30. The summed E-state index contributed by atoms with van der Waals surface area (Å²) in [5.74, 6) is 1.17. The Balaban J connectivity index is 1.23. The van der Waals surface area contributed by atoms with Crippen molar-refractivity contribution in [3.05, 3.63) is 77.1 Å². The van der Waals surface area contributed by atoms with Crippen molar-refractivity contribution in [2.24, 2.45) is 5.92 Å². The van der Waals surface area contributed by atoms with Crippen LogP contribution in [-0.4, -0.2) is 38.8 Å². The molecule has 1 amide bonds. The lowest BCUT2D eigenvalue weighted by Gasteiger charge is -2.32. The number of aromatic nitrogens is 4. The Bertz CT molecular complexity index is 1270. The van der Waals surface area contributed by atoms with Gasteiger partial charge >= 0.3 is 0 Å². The molecule has 1 aliphatic rings. The van der Waals surface area contributed by atoms with E-state index in [0.29, 0.717) is 23.0 Å². The zero-order chi connectivity index (χ0) is 22.8. The standard InChI is InChI=1S/C24H22ClFN6O/c25-19-5-3-17(4-6-19)23-29-28-21-9-10-22(30-32(21)23)31-13-11-18(12-14-31)24(33)27-15-16-1-7-20(26)8-2-16/h1-10,18H,11-15H2,(H,27,33). The van der Waals surface area contributed by atoms with E-state index in [1.807, 2.05) is 36.4 Å². The molecule has 1 fully saturated rings. The minimum Gasteiger partial charge on any atom is -0.355 e. The molecule has 33 heavy (non-hydrogen) atoms. The molecule has 0 saturated carbocycles. The predicted molar refractivity (Wildman–Crippen MR) is 124 cm³/mol. The number of piperidine rings is 1. The Labute approximate surface area is 195 Å². The largest absolute Gasteiger partial charge is 0.355 e. The molecule has 1 saturated heterocycles. The van der Waals surface area contributed by atoms with Crippen LogP contribution < -0.4 is 10.2 Å². The van der Waals surface area contributed by atoms with Crippen LogP contribution in [0.5, 0.6) is 0 Å². The van der Waals surface area contributed by atoms with E-state index in [1.165, 1.54) is 12.1 Å². The summed E-state index contributed by atoms with van der Waals surface area (Å²) in [6, 6.07) is 17.4. The van der Waals surface area contributed by atoms with Crippen LogP contribution in [0.2, 0.25) is 5.02 Å². The van der Waals surface area contributed by atoms with Gasteiger partial charge in [-0.15, -0.1) is 15.3 Å². The molecular weight excluding hydrogens is 443 g/mol. The summed E-state index contributed by atoms with van der Waals surface area (Å²) in [7, 11) is 0. The quantitative estimate of drug-likeness (QED) is 0.481. The fourth-order valence-corrected chi connectivity index (χ4v) is 4.16. The van der Waals surface area contributed by atoms with Crippen molar-refractivity contribution in [2.45, 2.75) is 19.4 Å². The third-order valence-electron chi connectivity index (χ3n) is 5.92. The van der Waals surface area contributed by atoms with E-state index in [4.69, 9.17) is 16.7 Å². The summed E-state index contributed by atoms with van der Waals surface area (Å²) >= 11 is 6.00. The fourth-order valence-electron chi connectivity index (χ4n) is 4.03. The van der Waals surface area contributed by atoms with Crippen LogP contribution in [0.3, 0.4) is 0 Å². The number of benzene rings is 2. The van der Waals surface area contributed by atoms with Gasteiger partial charge < -0.3 is 10.2 Å². The minimum absolute atomic E-state index is 0.0335. The van der Waals surface area contributed by atoms with Crippen LogP contribution in [0.4, 0.5) is 10.2 Å². The van der Waals surface area contributed by atoms with Gasteiger partial charge in [0.25, 0.3) is 0 Å². The lowest BCUT2D eigenvalue weighted by molar-refractivity contribution is -0.125. The second-order valence-corrected chi connectivity index (χ2v) is 8.53. The number of hydrogen-bond donors (Lipinski definition) is 1. The number of anilines is 1. The molecule has 7 nitrogen and oxygen atoms in total. The van der Waals surface area contributed by atoms with Crippen molar-refractivity contribution in [1.29, 1.82) is 0 Å². The average molecular weight is 465 g/mol. The first-order valence-electron chi connectivity index (χ1n) is 10.8. The van der Waals surface area contributed by atoms with E-state index in [-0.39, 0.29) is 17.6 Å². The van der Waals surface area contributed by atoms with Gasteiger partial charge in [0, 0.05) is 36.1 Å². The van der Waals surface area contributed by atoms with Gasteiger partial charge in [0.15, 0.2) is 11.5 Å². The van der Waals surface area contributed by atoms with Gasteiger partial charge in [-0.1, -0.05) is 23.7 Å². The molecule has 1 N–H and O–H groups in total. The van der Waals surface area contributed by atoms with Gasteiger partial charge in [-0.3, -0.25) is 4.79 Å². The van der Waals surface area contributed by atoms with Crippen LogP contribution in [0, 0.1) is 11.7 Å². The highest BCUT2D eigenvalue weighted by Gasteiger charge is 2.26. The second kappa shape index (κ2) is 9.15. The van der Waals surface area contributed by atoms with E-state index >= 15 is 0 Å². The van der Waals surface area contributed by atoms with Gasteiger partial charge in [-0.25, -0.2) is 4.39 Å². The van der Waals surface area contributed by atoms with Gasteiger partial charge in [0.05, 0.1) is 0 Å². The zero-order valence-corrected chi connectivity index (χ0v) is 18.5. The maximum atomic E-state index is 13.0. The highest BCUT2D eigenvalue weighted by atomic mass is 35.5. The van der Waals surface area contributed by atoms with Crippen LogP contribution in [-0.2, 0) is 11.3 Å². The number of amides is 1. The fraction of sp³-hybridized carbons (Fsp3) is 0.250. The molecule has 3 heterocycles. The third-order valence-corrected chi connectivity index (χ3v) is 6.17. The molecule has 1 aliphatic heterocycles. The molecule has 0 radical (unpaired) electrons. The maximum Gasteiger partial charge on any atom is 0.223 e. The lowest BCUT2D eigenvalue weighted by atomic mass is 9.96. The first-order chi connectivity index (χ1) is 16.1. The van der Waals surface area contributed by atoms with E-state index in [9.17, 15) is 9.18 Å². The van der Waals surface area contributed by atoms with Gasteiger partial charge in [0.2, 0.25) is 5.91 Å². The van der Waals surface area contributed by atoms with Gasteiger partial charge in [-0.05, 0) is 66.9 Å². The summed E-state index contributed by atoms with van der Waals surface area (Å²) < 4.78 is 14.8. The number of fused-ring (bicyclic) bond motifs is 1. The Morgan fingerprint density at radius 3 is 2.45 bits per heavy atom. The van der Waals surface area contributed by atoms with Crippen molar-refractivity contribution in [3.8, 4) is 11.4 Å². The SMILES string of the molecule is O=C(NCc1ccc(F)cc1)C1CCN(c2ccc3nnc(-c4ccc(Cl)cc4)n3n2)CC1. The number of carbonyl (C=O) groups excluding carboxylic acids is 1. The van der Waals surface area contributed by atoms with Gasteiger partial charge in [-0.2, -0.15) is 4.52 Å². The van der Waals surface area contributed by atoms with Crippen LogP contribution >= 0.6 is 11.6 Å². The van der Waals surface area contributed by atoms with E-state index in [2.05, 4.69) is 20.4 Å². The summed E-state index contributed by atoms with van der Waals surface area (Å²) in [6.45, 7) is 1.86. The first-order valence-corrected chi connectivity index (χ1v) is 11.2. The van der Waals surface area contributed by atoms with Crippen LogP contribution in [0.15, 0.2) is 60.7 Å². The summed E-state index contributed by atoms with van der Waals surface area (Å²) in [6.07, 6.45) is 1.47. The van der Waals surface area contributed by atoms with Crippen LogP contribution in [0.1, 0.15) is 18.4 Å². The number of halogens is 2. The van der Waals surface area contributed by atoms with E-state index in [1.54, 1.807) is 16.6 Å². The molecule has 0 aliphatic carbocycles. The molecular formula is C24H22ClFN6O. The van der Waals surface area contributed by atoms with E-state index in [0.717, 1.165) is 42.9 Å². The Morgan fingerprint density at radius 2 is 1.73 bits per heavy atom. The first kappa shape index (κ1) is 21.3. The van der Waals surface area contributed by atoms with Crippen LogP contribution in [0.25, 0.3) is 17.0 Å². The van der Waals surface area contributed by atoms with Gasteiger partial charge in [0.1, 0.15) is 11.6 Å². The van der Waals surface area contributed by atoms with Crippen molar-refractivity contribution < 1.29 is 9.18 Å². The summed E-state index contributed by atoms with van der Waals surface area (Å²) in [5.41, 5.74) is 2.43. The molecule has 9 heteroatoms. The monoisotopic (exact) mass is 464 g/mol. The molecule has 2 aromatic carbocycles. The molecule has 0 bridgehead atoms. The molecule has 4 aromatic rings. The number of hydrogen-bond acceptors (Lipinski definition) is 5. The van der Waals surface area contributed by atoms with Crippen molar-refractivity contribution in [1.82, 2.24) is 25.1 Å². The number of carbonyl (C=O) groups is 1. The number of nitrogens with one attached hydrogen (secondary N) is 1. The zero-order valence-electron chi connectivity index (χ0n) is 17.8. The third kappa shape index (κ3) is 4.66. The van der Waals surface area contributed by atoms with Crippen molar-refractivity contribution in [3.63, 3.8) is 0 Å².